The molecule has 0 spiro atoms. The van der Waals surface area contributed by atoms with E-state index in [9.17, 15) is 14.4 Å². The van der Waals surface area contributed by atoms with E-state index in [0.717, 1.165) is 6.26 Å². The van der Waals surface area contributed by atoms with Gasteiger partial charge in [-0.25, -0.2) is 9.59 Å². The van der Waals surface area contributed by atoms with E-state index in [1.165, 1.54) is 16.8 Å². The van der Waals surface area contributed by atoms with E-state index in [-0.39, 0.29) is 12.1 Å². The normalized spacial score (nSPS) is 10.6. The van der Waals surface area contributed by atoms with Crippen molar-refractivity contribution in [1.82, 2.24) is 9.55 Å². The highest BCUT2D eigenvalue weighted by atomic mass is 16.4. The molecule has 19 heavy (non-hydrogen) atoms. The van der Waals surface area contributed by atoms with Crippen LogP contribution >= 0.6 is 0 Å². The number of furan rings is 1. The topological polar surface area (TPSA) is 105 Å². The van der Waals surface area contributed by atoms with E-state index in [2.05, 4.69) is 4.98 Å². The Hall–Kier alpha value is -2.57. The van der Waals surface area contributed by atoms with Crippen molar-refractivity contribution >= 4 is 5.97 Å². The quantitative estimate of drug-likeness (QED) is 0.833. The third-order valence-electron chi connectivity index (χ3n) is 2.69. The molecular formula is C12H12N2O5. The number of nitrogens with zero attached hydrogens (tertiary/aromatic N) is 1. The average molecular weight is 264 g/mol. The first-order valence-electron chi connectivity index (χ1n) is 5.64. The molecule has 2 rings (SSSR count). The van der Waals surface area contributed by atoms with E-state index in [4.69, 9.17) is 9.52 Å². The Morgan fingerprint density at radius 3 is 2.79 bits per heavy atom. The molecule has 0 bridgehead atoms. The fraction of sp³-hybridized carbons (Fsp3) is 0.250. The summed E-state index contributed by atoms with van der Waals surface area (Å²) in [5.41, 5.74) is -0.474. The minimum Gasteiger partial charge on any atom is -0.478 e. The van der Waals surface area contributed by atoms with E-state index in [1.54, 1.807) is 6.92 Å². The maximum absolute atomic E-state index is 11.6. The molecule has 0 aromatic carbocycles. The van der Waals surface area contributed by atoms with E-state index in [1.807, 2.05) is 0 Å². The van der Waals surface area contributed by atoms with Crippen LogP contribution in [0.5, 0.6) is 0 Å². The van der Waals surface area contributed by atoms with Gasteiger partial charge < -0.3 is 9.52 Å². The molecule has 0 amide bonds. The van der Waals surface area contributed by atoms with Gasteiger partial charge >= 0.3 is 11.7 Å². The first kappa shape index (κ1) is 12.9. The largest absolute Gasteiger partial charge is 0.478 e. The van der Waals surface area contributed by atoms with Gasteiger partial charge in [0.1, 0.15) is 12.0 Å². The summed E-state index contributed by atoms with van der Waals surface area (Å²) in [5, 5.41) is 8.76. The summed E-state index contributed by atoms with van der Waals surface area (Å²) in [4.78, 5) is 35.9. The molecule has 100 valence electrons. The summed E-state index contributed by atoms with van der Waals surface area (Å²) in [6.45, 7) is 1.87. The van der Waals surface area contributed by atoms with E-state index in [0.29, 0.717) is 17.7 Å². The Labute approximate surface area is 107 Å². The fourth-order valence-corrected chi connectivity index (χ4v) is 1.67. The number of hydrogen-bond acceptors (Lipinski definition) is 4. The van der Waals surface area contributed by atoms with Gasteiger partial charge in [-0.1, -0.05) is 6.92 Å². The molecule has 2 N–H and O–H groups in total. The number of aryl methyl sites for hydroxylation is 1. The molecular weight excluding hydrogens is 252 g/mol. The number of aromatic carboxylic acids is 1. The number of carboxylic acid groups (broad SMARTS) is 1. The van der Waals surface area contributed by atoms with Crippen molar-refractivity contribution in [2.45, 2.75) is 19.9 Å². The molecule has 0 aliphatic carbocycles. The lowest BCUT2D eigenvalue weighted by Crippen LogP contribution is -2.31. The second-order valence-corrected chi connectivity index (χ2v) is 4.00. The van der Waals surface area contributed by atoms with E-state index < -0.39 is 17.2 Å². The van der Waals surface area contributed by atoms with Gasteiger partial charge in [0.05, 0.1) is 12.1 Å². The molecule has 0 aliphatic heterocycles. The van der Waals surface area contributed by atoms with E-state index >= 15 is 0 Å². The molecule has 0 radical (unpaired) electrons. The lowest BCUT2D eigenvalue weighted by molar-refractivity contribution is 0.0696. The van der Waals surface area contributed by atoms with Gasteiger partial charge in [-0.2, -0.15) is 0 Å². The summed E-state index contributed by atoms with van der Waals surface area (Å²) >= 11 is 0. The maximum Gasteiger partial charge on any atom is 0.338 e. The molecule has 0 atom stereocenters. The van der Waals surface area contributed by atoms with Crippen molar-refractivity contribution < 1.29 is 14.3 Å². The second-order valence-electron chi connectivity index (χ2n) is 4.00. The Bertz CT molecular complexity index is 722. The van der Waals surface area contributed by atoms with Crippen LogP contribution in [-0.2, 0) is 13.0 Å². The summed E-state index contributed by atoms with van der Waals surface area (Å²) < 4.78 is 6.32. The van der Waals surface area contributed by atoms with Crippen LogP contribution in [0.4, 0.5) is 0 Å². The zero-order valence-electron chi connectivity index (χ0n) is 10.2. The number of carboxylic acids is 1. The van der Waals surface area contributed by atoms with Crippen molar-refractivity contribution in [2.75, 3.05) is 0 Å². The van der Waals surface area contributed by atoms with Gasteiger partial charge in [0.2, 0.25) is 0 Å². The molecule has 0 fully saturated rings. The van der Waals surface area contributed by atoms with Crippen LogP contribution in [0.2, 0.25) is 0 Å². The van der Waals surface area contributed by atoms with Gasteiger partial charge in [0, 0.05) is 11.8 Å². The molecule has 2 heterocycles. The predicted octanol–water partition coefficient (Wildman–Crippen LogP) is 0.438. The molecule has 7 heteroatoms. The standard InChI is InChI=1S/C12H12N2O5/c1-2-7-4-14(12(18)13-10(7)15)5-9-3-8(6-19-9)11(16)17/h3-4,6H,2,5H2,1H3,(H,16,17)(H,13,15,18). The van der Waals surface area contributed by atoms with Crippen LogP contribution in [0, 0.1) is 0 Å². The fourth-order valence-electron chi connectivity index (χ4n) is 1.67. The Balaban J connectivity index is 2.35. The molecule has 2 aromatic heterocycles. The average Bonchev–Trinajstić information content (AvgIpc) is 2.81. The Morgan fingerprint density at radius 1 is 1.47 bits per heavy atom. The van der Waals surface area contributed by atoms with Crippen LogP contribution in [-0.4, -0.2) is 20.6 Å². The lowest BCUT2D eigenvalue weighted by Gasteiger charge is -2.04. The van der Waals surface area contributed by atoms with Crippen LogP contribution in [0.1, 0.15) is 28.6 Å². The molecule has 0 aliphatic rings. The lowest BCUT2D eigenvalue weighted by atomic mass is 10.2. The number of hydrogen-bond donors (Lipinski definition) is 2. The molecule has 0 unspecified atom stereocenters. The Morgan fingerprint density at radius 2 is 2.21 bits per heavy atom. The van der Waals surface area contributed by atoms with Crippen molar-refractivity contribution in [2.24, 2.45) is 0 Å². The molecule has 2 aromatic rings. The van der Waals surface area contributed by atoms with Crippen molar-refractivity contribution in [1.29, 1.82) is 0 Å². The van der Waals surface area contributed by atoms with Gasteiger partial charge in [0.25, 0.3) is 5.56 Å². The van der Waals surface area contributed by atoms with Crippen molar-refractivity contribution in [3.8, 4) is 0 Å². The predicted molar refractivity (Wildman–Crippen MR) is 65.5 cm³/mol. The van der Waals surface area contributed by atoms with Crippen LogP contribution in [0.25, 0.3) is 0 Å². The molecule has 0 saturated carbocycles. The van der Waals surface area contributed by atoms with Crippen molar-refractivity contribution in [3.63, 3.8) is 0 Å². The SMILES string of the molecule is CCc1cn(Cc2cc(C(=O)O)co2)c(=O)[nH]c1=O. The number of carbonyl (C=O) groups is 1. The molecule has 0 saturated heterocycles. The first-order chi connectivity index (χ1) is 9.01. The second kappa shape index (κ2) is 4.97. The zero-order valence-corrected chi connectivity index (χ0v) is 10.2. The van der Waals surface area contributed by atoms with Gasteiger partial charge in [-0.05, 0) is 12.5 Å². The molecule has 7 nitrogen and oxygen atoms in total. The number of aromatic nitrogens is 2. The summed E-state index contributed by atoms with van der Waals surface area (Å²) in [6.07, 6.45) is 3.05. The summed E-state index contributed by atoms with van der Waals surface area (Å²) in [5.74, 6) is -0.772. The van der Waals surface area contributed by atoms with Crippen LogP contribution in [0.3, 0.4) is 0 Å². The van der Waals surface area contributed by atoms with Gasteiger partial charge in [-0.15, -0.1) is 0 Å². The number of aromatic amines is 1. The highest BCUT2D eigenvalue weighted by Gasteiger charge is 2.10. The minimum absolute atomic E-state index is 0.0168. The zero-order chi connectivity index (χ0) is 14.0. The maximum atomic E-state index is 11.6. The third-order valence-corrected chi connectivity index (χ3v) is 2.69. The smallest absolute Gasteiger partial charge is 0.338 e. The third kappa shape index (κ3) is 2.65. The van der Waals surface area contributed by atoms with Gasteiger partial charge in [0.15, 0.2) is 0 Å². The monoisotopic (exact) mass is 264 g/mol. The van der Waals surface area contributed by atoms with Crippen LogP contribution < -0.4 is 11.2 Å². The van der Waals surface area contributed by atoms with Crippen molar-refractivity contribution in [3.05, 3.63) is 56.3 Å². The summed E-state index contributed by atoms with van der Waals surface area (Å²) in [6, 6.07) is 1.34. The Kier molecular flexibility index (Phi) is 3.37. The van der Waals surface area contributed by atoms with Crippen LogP contribution in [0.15, 0.2) is 32.5 Å². The highest BCUT2D eigenvalue weighted by Crippen LogP contribution is 2.08. The summed E-state index contributed by atoms with van der Waals surface area (Å²) in [7, 11) is 0. The number of nitrogens with one attached hydrogen (secondary N) is 1. The number of H-pyrrole nitrogens is 1. The first-order valence-corrected chi connectivity index (χ1v) is 5.64. The van der Waals surface area contributed by atoms with Gasteiger partial charge in [-0.3, -0.25) is 14.3 Å². The highest BCUT2D eigenvalue weighted by molar-refractivity contribution is 5.87. The number of rotatable bonds is 4. The minimum atomic E-state index is -1.10.